The first-order valence-corrected chi connectivity index (χ1v) is 7.50. The highest BCUT2D eigenvalue weighted by atomic mass is 35.5. The van der Waals surface area contributed by atoms with Gasteiger partial charge in [0, 0.05) is 10.7 Å². The van der Waals surface area contributed by atoms with E-state index in [0.717, 1.165) is 12.0 Å². The van der Waals surface area contributed by atoms with Gasteiger partial charge in [0.15, 0.2) is 0 Å². The number of carbonyl (C=O) groups is 1. The van der Waals surface area contributed by atoms with Crippen molar-refractivity contribution >= 4 is 35.8 Å². The number of amides is 1. The highest BCUT2D eigenvalue weighted by molar-refractivity contribution is 6.62. The van der Waals surface area contributed by atoms with Crippen molar-refractivity contribution in [3.05, 3.63) is 47.0 Å². The average Bonchev–Trinajstić information content (AvgIpc) is 2.68. The van der Waals surface area contributed by atoms with E-state index in [0.29, 0.717) is 16.2 Å². The summed E-state index contributed by atoms with van der Waals surface area (Å²) in [5, 5.41) is 13.0. The van der Waals surface area contributed by atoms with Gasteiger partial charge < -0.3 is 15.0 Å². The molecule has 2 N–H and O–H groups in total. The first kappa shape index (κ1) is 16.8. The summed E-state index contributed by atoms with van der Waals surface area (Å²) in [7, 11) is -0.992. The maximum Gasteiger partial charge on any atom is 0.492 e. The lowest BCUT2D eigenvalue weighted by Crippen LogP contribution is -2.29. The molecule has 0 bridgehead atoms. The third kappa shape index (κ3) is 3.27. The molecule has 1 aliphatic rings. The maximum atomic E-state index is 12.1. The van der Waals surface area contributed by atoms with Gasteiger partial charge in [-0.15, -0.1) is 0 Å². The summed E-state index contributed by atoms with van der Waals surface area (Å²) in [5.74, 6) is -0.373. The Morgan fingerprint density at radius 2 is 2.23 bits per heavy atom. The lowest BCUT2D eigenvalue weighted by molar-refractivity contribution is -0.112. The topological polar surface area (TPSA) is 58.6 Å². The quantitative estimate of drug-likeness (QED) is 0.509. The van der Waals surface area contributed by atoms with Gasteiger partial charge in [-0.1, -0.05) is 37.2 Å². The Morgan fingerprint density at radius 1 is 1.55 bits per heavy atom. The van der Waals surface area contributed by atoms with Gasteiger partial charge in [-0.3, -0.25) is 4.79 Å². The second-order valence-electron chi connectivity index (χ2n) is 5.68. The van der Waals surface area contributed by atoms with E-state index in [1.165, 1.54) is 0 Å². The van der Waals surface area contributed by atoms with E-state index in [1.807, 2.05) is 26.8 Å². The third-order valence-electron chi connectivity index (χ3n) is 3.58. The van der Waals surface area contributed by atoms with Crippen molar-refractivity contribution < 1.29 is 14.5 Å². The van der Waals surface area contributed by atoms with Crippen LogP contribution in [-0.4, -0.2) is 18.0 Å². The Morgan fingerprint density at radius 3 is 2.86 bits per heavy atom. The average molecular weight is 320 g/mol. The van der Waals surface area contributed by atoms with Gasteiger partial charge >= 0.3 is 7.12 Å². The fourth-order valence-corrected chi connectivity index (χ4v) is 2.66. The van der Waals surface area contributed by atoms with E-state index in [4.69, 9.17) is 16.3 Å². The molecule has 4 nitrogen and oxygen atoms in total. The number of carbonyl (C=O) groups excluding carboxylic acids is 1. The Bertz CT molecular complexity index is 655. The van der Waals surface area contributed by atoms with Gasteiger partial charge in [0.2, 0.25) is 0 Å². The second kappa shape index (κ2) is 6.28. The molecule has 22 heavy (non-hydrogen) atoms. The standard InChI is InChI=1S/C16H19BClNO3/c1-5-6-14(18)10(2)15(20)19-11-7-8-12-13(9-11)17(21)22-16(12,3)4/h6-9,21H,2,5H2,1,3-4H3,(H,19,20). The van der Waals surface area contributed by atoms with Crippen molar-refractivity contribution in [1.82, 2.24) is 0 Å². The number of fused-ring (bicyclic) bond motifs is 1. The number of benzene rings is 1. The van der Waals surface area contributed by atoms with Gasteiger partial charge in [-0.25, -0.2) is 0 Å². The van der Waals surface area contributed by atoms with E-state index in [2.05, 4.69) is 11.9 Å². The summed E-state index contributed by atoms with van der Waals surface area (Å²) in [6, 6.07) is 5.31. The van der Waals surface area contributed by atoms with Crippen LogP contribution in [0.1, 0.15) is 32.8 Å². The molecule has 0 aromatic heterocycles. The molecule has 0 saturated heterocycles. The molecule has 0 fully saturated rings. The SMILES string of the molecule is C=C(C(=O)Nc1ccc2c(c1)B(O)OC2(C)C)C(Cl)=CCC. The van der Waals surface area contributed by atoms with Crippen LogP contribution in [0.2, 0.25) is 0 Å². The summed E-state index contributed by atoms with van der Waals surface area (Å²) in [4.78, 5) is 12.1. The molecular formula is C16H19BClNO3. The van der Waals surface area contributed by atoms with Gasteiger partial charge in [0.1, 0.15) is 0 Å². The largest absolute Gasteiger partial charge is 0.492 e. The number of allylic oxidation sites excluding steroid dienone is 1. The fourth-order valence-electron chi connectivity index (χ4n) is 2.42. The minimum atomic E-state index is -0.992. The summed E-state index contributed by atoms with van der Waals surface area (Å²) in [5.41, 5.74) is 1.78. The highest BCUT2D eigenvalue weighted by Gasteiger charge is 2.40. The lowest BCUT2D eigenvalue weighted by Gasteiger charge is -2.19. The van der Waals surface area contributed by atoms with Crippen LogP contribution in [0.15, 0.2) is 41.5 Å². The normalized spacial score (nSPS) is 16.4. The van der Waals surface area contributed by atoms with Gasteiger partial charge in [-0.2, -0.15) is 0 Å². The predicted molar refractivity (Wildman–Crippen MR) is 90.2 cm³/mol. The zero-order valence-electron chi connectivity index (χ0n) is 12.9. The molecule has 0 radical (unpaired) electrons. The molecule has 1 heterocycles. The van der Waals surface area contributed by atoms with Crippen LogP contribution < -0.4 is 10.8 Å². The number of rotatable bonds is 4. The predicted octanol–water partition coefficient (Wildman–Crippen LogP) is 2.67. The van der Waals surface area contributed by atoms with E-state index in [9.17, 15) is 9.82 Å². The van der Waals surface area contributed by atoms with Crippen LogP contribution >= 0.6 is 11.6 Å². The summed E-state index contributed by atoms with van der Waals surface area (Å²) < 4.78 is 5.49. The molecule has 1 amide bonds. The molecule has 6 heteroatoms. The molecule has 1 aliphatic heterocycles. The number of anilines is 1. The molecule has 0 unspecified atom stereocenters. The maximum absolute atomic E-state index is 12.1. The van der Waals surface area contributed by atoms with Crippen LogP contribution in [0, 0.1) is 0 Å². The van der Waals surface area contributed by atoms with E-state index >= 15 is 0 Å². The van der Waals surface area contributed by atoms with Crippen LogP contribution in [-0.2, 0) is 15.0 Å². The third-order valence-corrected chi connectivity index (χ3v) is 3.96. The summed E-state index contributed by atoms with van der Waals surface area (Å²) in [6.07, 6.45) is 2.45. The minimum Gasteiger partial charge on any atom is -0.423 e. The number of halogens is 1. The van der Waals surface area contributed by atoms with Crippen LogP contribution in [0.25, 0.3) is 0 Å². The van der Waals surface area contributed by atoms with E-state index in [-0.39, 0.29) is 11.5 Å². The van der Waals surface area contributed by atoms with Crippen LogP contribution in [0.4, 0.5) is 5.69 Å². The monoisotopic (exact) mass is 319 g/mol. The van der Waals surface area contributed by atoms with Crippen molar-refractivity contribution in [3.8, 4) is 0 Å². The van der Waals surface area contributed by atoms with Crippen LogP contribution in [0.3, 0.4) is 0 Å². The molecule has 1 aromatic rings. The lowest BCUT2D eigenvalue weighted by atomic mass is 9.78. The molecule has 0 saturated carbocycles. The number of nitrogens with one attached hydrogen (secondary N) is 1. The number of hydrogen-bond donors (Lipinski definition) is 2. The first-order valence-electron chi connectivity index (χ1n) is 7.13. The molecule has 1 aromatic carbocycles. The zero-order chi connectivity index (χ0) is 16.5. The van der Waals surface area contributed by atoms with Crippen molar-refractivity contribution in [2.45, 2.75) is 32.8 Å². The summed E-state index contributed by atoms with van der Waals surface area (Å²) in [6.45, 7) is 9.39. The smallest absolute Gasteiger partial charge is 0.423 e. The molecule has 0 atom stereocenters. The zero-order valence-corrected chi connectivity index (χ0v) is 13.7. The number of hydrogen-bond acceptors (Lipinski definition) is 3. The fraction of sp³-hybridized carbons (Fsp3) is 0.312. The minimum absolute atomic E-state index is 0.209. The molecule has 2 rings (SSSR count). The Kier molecular flexibility index (Phi) is 4.80. The van der Waals surface area contributed by atoms with Gasteiger partial charge in [0.25, 0.3) is 5.91 Å². The Hall–Kier alpha value is -1.56. The van der Waals surface area contributed by atoms with E-state index < -0.39 is 12.7 Å². The summed E-state index contributed by atoms with van der Waals surface area (Å²) >= 11 is 5.99. The second-order valence-corrected chi connectivity index (χ2v) is 6.08. The van der Waals surface area contributed by atoms with Crippen molar-refractivity contribution in [2.24, 2.45) is 0 Å². The molecule has 116 valence electrons. The van der Waals surface area contributed by atoms with Crippen molar-refractivity contribution in [2.75, 3.05) is 5.32 Å². The molecular weight excluding hydrogens is 300 g/mol. The highest BCUT2D eigenvalue weighted by Crippen LogP contribution is 2.30. The molecule has 0 aliphatic carbocycles. The Balaban J connectivity index is 2.19. The van der Waals surface area contributed by atoms with E-state index in [1.54, 1.807) is 18.2 Å². The van der Waals surface area contributed by atoms with Crippen LogP contribution in [0.5, 0.6) is 0 Å². The van der Waals surface area contributed by atoms with Crippen molar-refractivity contribution in [1.29, 1.82) is 0 Å². The van der Waals surface area contributed by atoms with Gasteiger partial charge in [0.05, 0.1) is 11.2 Å². The van der Waals surface area contributed by atoms with Crippen molar-refractivity contribution in [3.63, 3.8) is 0 Å². The molecule has 0 spiro atoms. The van der Waals surface area contributed by atoms with Gasteiger partial charge in [-0.05, 0) is 43.4 Å². The Labute approximate surface area is 136 Å². The first-order chi connectivity index (χ1) is 10.3.